The highest BCUT2D eigenvalue weighted by Gasteiger charge is 2.26. The molecule has 0 spiro atoms. The molecule has 0 radical (unpaired) electrons. The Bertz CT molecular complexity index is 489. The molecule has 2 aromatic rings. The normalized spacial score (nSPS) is 14.4. The summed E-state index contributed by atoms with van der Waals surface area (Å²) < 4.78 is 1.83. The number of nitrogens with zero attached hydrogens (tertiary/aromatic N) is 2. The number of hydrogen-bond donors (Lipinski definition) is 1. The molecular weight excluding hydrogens is 222 g/mol. The van der Waals surface area contributed by atoms with E-state index in [0.717, 1.165) is 19.3 Å². The molecule has 0 bridgehead atoms. The summed E-state index contributed by atoms with van der Waals surface area (Å²) in [4.78, 5) is 0. The third-order valence-corrected chi connectivity index (χ3v) is 3.32. The van der Waals surface area contributed by atoms with Crippen molar-refractivity contribution >= 4 is 0 Å². The van der Waals surface area contributed by atoms with Gasteiger partial charge in [0, 0.05) is 18.8 Å². The van der Waals surface area contributed by atoms with E-state index in [1.807, 2.05) is 30.2 Å². The monoisotopic (exact) mass is 243 g/mol. The van der Waals surface area contributed by atoms with Gasteiger partial charge in [-0.15, -0.1) is 0 Å². The predicted molar refractivity (Wildman–Crippen MR) is 74.1 cm³/mol. The van der Waals surface area contributed by atoms with Gasteiger partial charge in [-0.1, -0.05) is 43.7 Å². The van der Waals surface area contributed by atoms with Gasteiger partial charge in [0.1, 0.15) is 0 Å². The standard InChI is InChI=1S/C15H21N3/c1-3-9-15(16,14-7-5-4-6-8-14)10-13-11-17-18(2)12-13/h4-8,11-12H,3,9-10,16H2,1-2H3. The number of rotatable bonds is 5. The first-order chi connectivity index (χ1) is 8.64. The maximum Gasteiger partial charge on any atom is 0.0522 e. The van der Waals surface area contributed by atoms with Crippen LogP contribution in [0.1, 0.15) is 30.9 Å². The molecule has 96 valence electrons. The average Bonchev–Trinajstić information content (AvgIpc) is 2.76. The van der Waals surface area contributed by atoms with Crippen LogP contribution in [0.25, 0.3) is 0 Å². The second-order valence-electron chi connectivity index (χ2n) is 4.97. The molecule has 1 aromatic carbocycles. The smallest absolute Gasteiger partial charge is 0.0522 e. The van der Waals surface area contributed by atoms with Crippen molar-refractivity contribution in [2.75, 3.05) is 0 Å². The van der Waals surface area contributed by atoms with Crippen molar-refractivity contribution in [3.63, 3.8) is 0 Å². The lowest BCUT2D eigenvalue weighted by atomic mass is 9.82. The first-order valence-corrected chi connectivity index (χ1v) is 6.46. The van der Waals surface area contributed by atoms with Crippen molar-refractivity contribution < 1.29 is 0 Å². The molecule has 3 nitrogen and oxygen atoms in total. The van der Waals surface area contributed by atoms with Crippen molar-refractivity contribution in [3.8, 4) is 0 Å². The molecule has 0 aliphatic carbocycles. The molecule has 1 atom stereocenters. The lowest BCUT2D eigenvalue weighted by Gasteiger charge is -2.29. The molecule has 0 aliphatic heterocycles. The van der Waals surface area contributed by atoms with Crippen LogP contribution in [0.5, 0.6) is 0 Å². The Hall–Kier alpha value is -1.61. The number of aryl methyl sites for hydroxylation is 1. The van der Waals surface area contributed by atoms with Gasteiger partial charge in [0.05, 0.1) is 6.20 Å². The number of nitrogens with two attached hydrogens (primary N) is 1. The Kier molecular flexibility index (Phi) is 3.82. The average molecular weight is 243 g/mol. The van der Waals surface area contributed by atoms with E-state index in [4.69, 9.17) is 5.73 Å². The molecule has 0 aliphatic rings. The highest BCUT2D eigenvalue weighted by atomic mass is 15.2. The zero-order valence-corrected chi connectivity index (χ0v) is 11.1. The summed E-state index contributed by atoms with van der Waals surface area (Å²) in [5.41, 5.74) is 8.74. The largest absolute Gasteiger partial charge is 0.321 e. The van der Waals surface area contributed by atoms with Crippen LogP contribution >= 0.6 is 0 Å². The molecule has 2 N–H and O–H groups in total. The maximum atomic E-state index is 6.63. The van der Waals surface area contributed by atoms with Gasteiger partial charge in [-0.3, -0.25) is 4.68 Å². The van der Waals surface area contributed by atoms with Gasteiger partial charge in [0.15, 0.2) is 0 Å². The van der Waals surface area contributed by atoms with Crippen LogP contribution in [0.4, 0.5) is 0 Å². The highest BCUT2D eigenvalue weighted by molar-refractivity contribution is 5.26. The number of aromatic nitrogens is 2. The van der Waals surface area contributed by atoms with E-state index in [1.165, 1.54) is 11.1 Å². The van der Waals surface area contributed by atoms with E-state index in [2.05, 4.69) is 36.3 Å². The van der Waals surface area contributed by atoms with E-state index in [1.54, 1.807) is 0 Å². The summed E-state index contributed by atoms with van der Waals surface area (Å²) in [6.45, 7) is 2.17. The molecule has 0 saturated heterocycles. The molecule has 1 unspecified atom stereocenters. The Balaban J connectivity index is 2.26. The molecule has 1 heterocycles. The Morgan fingerprint density at radius 3 is 2.56 bits per heavy atom. The maximum absolute atomic E-state index is 6.63. The van der Waals surface area contributed by atoms with Crippen LogP contribution < -0.4 is 5.73 Å². The third-order valence-electron chi connectivity index (χ3n) is 3.32. The minimum absolute atomic E-state index is 0.293. The van der Waals surface area contributed by atoms with E-state index < -0.39 is 0 Å². The summed E-state index contributed by atoms with van der Waals surface area (Å²) in [5.74, 6) is 0. The van der Waals surface area contributed by atoms with Crippen molar-refractivity contribution in [1.82, 2.24) is 9.78 Å². The Morgan fingerprint density at radius 2 is 2.00 bits per heavy atom. The second-order valence-corrected chi connectivity index (χ2v) is 4.97. The van der Waals surface area contributed by atoms with Crippen molar-refractivity contribution in [2.24, 2.45) is 12.8 Å². The summed E-state index contributed by atoms with van der Waals surface area (Å²) in [6, 6.07) is 10.4. The van der Waals surface area contributed by atoms with Gasteiger partial charge in [0.25, 0.3) is 0 Å². The van der Waals surface area contributed by atoms with E-state index >= 15 is 0 Å². The highest BCUT2D eigenvalue weighted by Crippen LogP contribution is 2.27. The third kappa shape index (κ3) is 2.79. The fourth-order valence-corrected chi connectivity index (χ4v) is 2.48. The minimum atomic E-state index is -0.293. The fraction of sp³-hybridized carbons (Fsp3) is 0.400. The molecule has 18 heavy (non-hydrogen) atoms. The van der Waals surface area contributed by atoms with Crippen molar-refractivity contribution in [2.45, 2.75) is 31.7 Å². The minimum Gasteiger partial charge on any atom is -0.321 e. The van der Waals surface area contributed by atoms with Crippen molar-refractivity contribution in [3.05, 3.63) is 53.9 Å². The summed E-state index contributed by atoms with van der Waals surface area (Å²) in [5, 5.41) is 4.22. The SMILES string of the molecule is CCCC(N)(Cc1cnn(C)c1)c1ccccc1. The molecule has 0 saturated carbocycles. The zero-order chi connectivity index (χ0) is 13.0. The first-order valence-electron chi connectivity index (χ1n) is 6.46. The Labute approximate surface area is 109 Å². The van der Waals surface area contributed by atoms with E-state index in [-0.39, 0.29) is 5.54 Å². The van der Waals surface area contributed by atoms with Gasteiger partial charge in [-0.25, -0.2) is 0 Å². The number of hydrogen-bond acceptors (Lipinski definition) is 2. The summed E-state index contributed by atoms with van der Waals surface area (Å²) >= 11 is 0. The van der Waals surface area contributed by atoms with Gasteiger partial charge >= 0.3 is 0 Å². The Morgan fingerprint density at radius 1 is 1.28 bits per heavy atom. The summed E-state index contributed by atoms with van der Waals surface area (Å²) in [6.07, 6.45) is 6.83. The first kappa shape index (κ1) is 12.8. The van der Waals surface area contributed by atoms with Crippen LogP contribution in [-0.4, -0.2) is 9.78 Å². The predicted octanol–water partition coefficient (Wildman–Crippen LogP) is 2.62. The fourth-order valence-electron chi connectivity index (χ4n) is 2.48. The van der Waals surface area contributed by atoms with Crippen LogP contribution in [0.3, 0.4) is 0 Å². The second kappa shape index (κ2) is 5.36. The molecular formula is C15H21N3. The van der Waals surface area contributed by atoms with E-state index in [9.17, 15) is 0 Å². The molecule has 0 fully saturated rings. The lowest BCUT2D eigenvalue weighted by Crippen LogP contribution is -2.38. The lowest BCUT2D eigenvalue weighted by molar-refractivity contribution is 0.400. The van der Waals surface area contributed by atoms with Crippen LogP contribution in [0.15, 0.2) is 42.7 Å². The molecule has 2 rings (SSSR count). The summed E-state index contributed by atoms with van der Waals surface area (Å²) in [7, 11) is 1.93. The van der Waals surface area contributed by atoms with Crippen molar-refractivity contribution in [1.29, 1.82) is 0 Å². The topological polar surface area (TPSA) is 43.8 Å². The molecule has 3 heteroatoms. The van der Waals surface area contributed by atoms with Crippen LogP contribution in [0.2, 0.25) is 0 Å². The molecule has 1 aromatic heterocycles. The van der Waals surface area contributed by atoms with Gasteiger partial charge in [0.2, 0.25) is 0 Å². The molecule has 0 amide bonds. The quantitative estimate of drug-likeness (QED) is 0.877. The number of benzene rings is 1. The van der Waals surface area contributed by atoms with Gasteiger partial charge < -0.3 is 5.73 Å². The zero-order valence-electron chi connectivity index (χ0n) is 11.1. The van der Waals surface area contributed by atoms with Gasteiger partial charge in [-0.2, -0.15) is 5.10 Å². The van der Waals surface area contributed by atoms with Gasteiger partial charge in [-0.05, 0) is 24.0 Å². The van der Waals surface area contributed by atoms with E-state index in [0.29, 0.717) is 0 Å². The van der Waals surface area contributed by atoms with Crippen LogP contribution in [0, 0.1) is 0 Å². The van der Waals surface area contributed by atoms with Crippen LogP contribution in [-0.2, 0) is 19.0 Å².